The molecule has 1 fully saturated rings. The van der Waals surface area contributed by atoms with Crippen molar-refractivity contribution in [2.45, 2.75) is 13.0 Å². The van der Waals surface area contributed by atoms with Crippen LogP contribution in [0.4, 0.5) is 23.0 Å². The molecular formula is C29H32N8O2. The molecule has 1 aliphatic heterocycles. The predicted molar refractivity (Wildman–Crippen MR) is 154 cm³/mol. The SMILES string of the molecule is C=CC(=O)Nc1cc(Nc2nccc(-n3cc(CN(C)C)c(-c4ccccc4)n3)n2)c(OC)cc1N1CCC1. The van der Waals surface area contributed by atoms with Crippen molar-refractivity contribution in [1.29, 1.82) is 0 Å². The number of carbonyl (C=O) groups excluding carboxylic acids is 1. The Morgan fingerprint density at radius 2 is 1.95 bits per heavy atom. The summed E-state index contributed by atoms with van der Waals surface area (Å²) >= 11 is 0. The van der Waals surface area contributed by atoms with Crippen LogP contribution in [0.2, 0.25) is 0 Å². The van der Waals surface area contributed by atoms with E-state index in [-0.39, 0.29) is 5.91 Å². The smallest absolute Gasteiger partial charge is 0.247 e. The van der Waals surface area contributed by atoms with Gasteiger partial charge in [0, 0.05) is 55.3 Å². The van der Waals surface area contributed by atoms with Gasteiger partial charge in [0.1, 0.15) is 5.75 Å². The van der Waals surface area contributed by atoms with Crippen molar-refractivity contribution >= 4 is 28.9 Å². The Labute approximate surface area is 227 Å². The molecule has 3 heterocycles. The van der Waals surface area contributed by atoms with Crippen LogP contribution in [0.25, 0.3) is 17.1 Å². The van der Waals surface area contributed by atoms with Gasteiger partial charge < -0.3 is 25.2 Å². The Bertz CT molecular complexity index is 1480. The van der Waals surface area contributed by atoms with Crippen LogP contribution in [0.5, 0.6) is 5.75 Å². The maximum atomic E-state index is 12.2. The van der Waals surface area contributed by atoms with Crippen LogP contribution in [0.15, 0.2) is 73.6 Å². The van der Waals surface area contributed by atoms with E-state index >= 15 is 0 Å². The number of hydrogen-bond acceptors (Lipinski definition) is 8. The fraction of sp³-hybridized carbons (Fsp3) is 0.241. The summed E-state index contributed by atoms with van der Waals surface area (Å²) in [6, 6.07) is 15.7. The van der Waals surface area contributed by atoms with Gasteiger partial charge in [-0.2, -0.15) is 10.1 Å². The molecule has 2 aromatic carbocycles. The van der Waals surface area contributed by atoms with Crippen LogP contribution in [-0.4, -0.2) is 64.9 Å². The minimum Gasteiger partial charge on any atom is -0.494 e. The summed E-state index contributed by atoms with van der Waals surface area (Å²) in [7, 11) is 5.68. The summed E-state index contributed by atoms with van der Waals surface area (Å²) in [5.74, 6) is 1.31. The molecule has 2 N–H and O–H groups in total. The van der Waals surface area contributed by atoms with Crippen molar-refractivity contribution < 1.29 is 9.53 Å². The lowest BCUT2D eigenvalue weighted by molar-refractivity contribution is -0.111. The molecule has 0 atom stereocenters. The average Bonchev–Trinajstić information content (AvgIpc) is 3.32. The third kappa shape index (κ3) is 5.75. The number of methoxy groups -OCH3 is 1. The van der Waals surface area contributed by atoms with Crippen LogP contribution < -0.4 is 20.3 Å². The van der Waals surface area contributed by atoms with Crippen molar-refractivity contribution in [2.75, 3.05) is 49.8 Å². The number of aromatic nitrogens is 4. The van der Waals surface area contributed by atoms with Gasteiger partial charge in [-0.25, -0.2) is 9.67 Å². The number of rotatable bonds is 10. The highest BCUT2D eigenvalue weighted by atomic mass is 16.5. The first-order chi connectivity index (χ1) is 18.9. The molecular weight excluding hydrogens is 492 g/mol. The van der Waals surface area contributed by atoms with E-state index in [1.165, 1.54) is 6.08 Å². The van der Waals surface area contributed by atoms with E-state index in [0.717, 1.165) is 48.6 Å². The summed E-state index contributed by atoms with van der Waals surface area (Å²) in [6.07, 6.45) is 6.04. The molecule has 5 rings (SSSR count). The van der Waals surface area contributed by atoms with E-state index in [9.17, 15) is 4.79 Å². The lowest BCUT2D eigenvalue weighted by atomic mass is 10.1. The highest BCUT2D eigenvalue weighted by Crippen LogP contribution is 2.39. The normalized spacial score (nSPS) is 12.7. The third-order valence-electron chi connectivity index (χ3n) is 6.40. The lowest BCUT2D eigenvalue weighted by Crippen LogP contribution is -2.37. The minimum atomic E-state index is -0.285. The van der Waals surface area contributed by atoms with Crippen molar-refractivity contribution in [3.8, 4) is 22.8 Å². The minimum absolute atomic E-state index is 0.285. The molecule has 39 heavy (non-hydrogen) atoms. The zero-order valence-electron chi connectivity index (χ0n) is 22.4. The number of ether oxygens (including phenoxy) is 1. The molecule has 0 saturated carbocycles. The molecule has 10 nitrogen and oxygen atoms in total. The zero-order chi connectivity index (χ0) is 27.4. The second-order valence-electron chi connectivity index (χ2n) is 9.52. The molecule has 0 unspecified atom stereocenters. The summed E-state index contributed by atoms with van der Waals surface area (Å²) in [4.78, 5) is 25.6. The summed E-state index contributed by atoms with van der Waals surface area (Å²) in [5.41, 5.74) is 5.21. The molecule has 1 aliphatic rings. The Morgan fingerprint density at radius 1 is 1.15 bits per heavy atom. The maximum absolute atomic E-state index is 12.2. The van der Waals surface area contributed by atoms with Gasteiger partial charge in [0.25, 0.3) is 0 Å². The molecule has 1 saturated heterocycles. The zero-order valence-corrected chi connectivity index (χ0v) is 22.4. The Morgan fingerprint density at radius 3 is 2.62 bits per heavy atom. The van der Waals surface area contributed by atoms with Crippen LogP contribution in [0.3, 0.4) is 0 Å². The molecule has 200 valence electrons. The number of nitrogens with one attached hydrogen (secondary N) is 2. The number of hydrogen-bond donors (Lipinski definition) is 2. The highest BCUT2D eigenvalue weighted by Gasteiger charge is 2.22. The van der Waals surface area contributed by atoms with Gasteiger partial charge in [0.2, 0.25) is 11.9 Å². The van der Waals surface area contributed by atoms with Crippen LogP contribution in [-0.2, 0) is 11.3 Å². The van der Waals surface area contributed by atoms with E-state index in [2.05, 4.69) is 44.1 Å². The van der Waals surface area contributed by atoms with Gasteiger partial charge in [-0.05, 0) is 32.7 Å². The molecule has 2 aromatic heterocycles. The lowest BCUT2D eigenvalue weighted by Gasteiger charge is -2.35. The summed E-state index contributed by atoms with van der Waals surface area (Å²) in [6.45, 7) is 6.15. The van der Waals surface area contributed by atoms with Crippen LogP contribution in [0.1, 0.15) is 12.0 Å². The molecule has 0 spiro atoms. The first kappa shape index (κ1) is 25.9. The second-order valence-corrected chi connectivity index (χ2v) is 9.52. The monoisotopic (exact) mass is 524 g/mol. The van der Waals surface area contributed by atoms with E-state index in [1.54, 1.807) is 18.0 Å². The fourth-order valence-corrected chi connectivity index (χ4v) is 4.42. The van der Waals surface area contributed by atoms with Crippen molar-refractivity contribution in [1.82, 2.24) is 24.6 Å². The predicted octanol–water partition coefficient (Wildman–Crippen LogP) is 4.48. The van der Waals surface area contributed by atoms with E-state index in [0.29, 0.717) is 28.9 Å². The van der Waals surface area contributed by atoms with E-state index in [4.69, 9.17) is 14.8 Å². The highest BCUT2D eigenvalue weighted by molar-refractivity contribution is 6.02. The van der Waals surface area contributed by atoms with E-state index in [1.807, 2.05) is 56.7 Å². The summed E-state index contributed by atoms with van der Waals surface area (Å²) in [5, 5.41) is 11.0. The molecule has 0 aliphatic carbocycles. The Balaban J connectivity index is 1.48. The number of carbonyl (C=O) groups is 1. The van der Waals surface area contributed by atoms with Crippen molar-refractivity contribution in [3.63, 3.8) is 0 Å². The molecule has 1 amide bonds. The Hall–Kier alpha value is -4.70. The van der Waals surface area contributed by atoms with Crippen LogP contribution >= 0.6 is 0 Å². The van der Waals surface area contributed by atoms with Gasteiger partial charge >= 0.3 is 0 Å². The topological polar surface area (TPSA) is 100 Å². The first-order valence-electron chi connectivity index (χ1n) is 12.7. The second kappa shape index (κ2) is 11.4. The number of benzene rings is 2. The maximum Gasteiger partial charge on any atom is 0.247 e. The fourth-order valence-electron chi connectivity index (χ4n) is 4.42. The molecule has 4 aromatic rings. The quantitative estimate of drug-likeness (QED) is 0.293. The van der Waals surface area contributed by atoms with Crippen molar-refractivity contribution in [3.05, 3.63) is 79.1 Å². The average molecular weight is 525 g/mol. The number of amides is 1. The number of nitrogens with zero attached hydrogens (tertiary/aromatic N) is 6. The molecule has 0 radical (unpaired) electrons. The van der Waals surface area contributed by atoms with Crippen molar-refractivity contribution in [2.24, 2.45) is 0 Å². The van der Waals surface area contributed by atoms with Crippen LogP contribution in [0, 0.1) is 0 Å². The first-order valence-corrected chi connectivity index (χ1v) is 12.7. The van der Waals surface area contributed by atoms with Gasteiger partial charge in [-0.1, -0.05) is 36.9 Å². The van der Waals surface area contributed by atoms with Gasteiger partial charge in [0.15, 0.2) is 5.82 Å². The standard InChI is InChI=1S/C29H32N8O2/c1-5-27(38)31-22-16-23(25(39-4)17-24(22)36-14-9-15-36)32-29-30-13-12-26(33-29)37-19-21(18-35(2)3)28(34-37)20-10-7-6-8-11-20/h5-8,10-13,16-17,19H,1,9,14-15,18H2,2-4H3,(H,31,38)(H,30,32,33). The molecule has 10 heteroatoms. The van der Waals surface area contributed by atoms with Gasteiger partial charge in [-0.15, -0.1) is 0 Å². The third-order valence-corrected chi connectivity index (χ3v) is 6.40. The largest absolute Gasteiger partial charge is 0.494 e. The Kier molecular flexibility index (Phi) is 7.55. The van der Waals surface area contributed by atoms with Gasteiger partial charge in [-0.3, -0.25) is 4.79 Å². The number of anilines is 4. The summed E-state index contributed by atoms with van der Waals surface area (Å²) < 4.78 is 7.46. The van der Waals surface area contributed by atoms with E-state index < -0.39 is 0 Å². The molecule has 0 bridgehead atoms. The van der Waals surface area contributed by atoms with Gasteiger partial charge in [0.05, 0.1) is 29.9 Å².